The maximum absolute atomic E-state index is 11.9. The molecule has 88 valence electrons. The van der Waals surface area contributed by atoms with Crippen molar-refractivity contribution >= 4 is 10.8 Å². The van der Waals surface area contributed by atoms with Gasteiger partial charge in [0.2, 0.25) is 0 Å². The second-order valence-corrected chi connectivity index (χ2v) is 5.82. The Labute approximate surface area is 99.1 Å². The zero-order valence-electron chi connectivity index (χ0n) is 9.39. The molecule has 1 aromatic heterocycles. The summed E-state index contributed by atoms with van der Waals surface area (Å²) >= 11 is 0. The highest BCUT2D eigenvalue weighted by Crippen LogP contribution is 2.13. The molecule has 2 heterocycles. The van der Waals surface area contributed by atoms with Crippen LogP contribution in [0.5, 0.6) is 0 Å². The average Bonchev–Trinajstić information content (AvgIpc) is 2.31. The molecule has 1 fully saturated rings. The Morgan fingerprint density at radius 3 is 2.94 bits per heavy atom. The van der Waals surface area contributed by atoms with Gasteiger partial charge >= 0.3 is 0 Å². The van der Waals surface area contributed by atoms with Gasteiger partial charge in [0.05, 0.1) is 0 Å². The molecule has 0 radical (unpaired) electrons. The van der Waals surface area contributed by atoms with Crippen molar-refractivity contribution in [2.24, 2.45) is 5.92 Å². The quantitative estimate of drug-likeness (QED) is 0.860. The number of rotatable bonds is 4. The summed E-state index contributed by atoms with van der Waals surface area (Å²) in [6.07, 6.45) is 5.95. The molecule has 0 aliphatic carbocycles. The maximum Gasteiger partial charge on any atom is 0.0486 e. The van der Waals surface area contributed by atoms with E-state index in [0.29, 0.717) is 11.7 Å². The molecule has 16 heavy (non-hydrogen) atoms. The molecule has 1 N–H and O–H groups in total. The van der Waals surface area contributed by atoms with Crippen molar-refractivity contribution in [2.75, 3.05) is 18.8 Å². The molecule has 0 amide bonds. The van der Waals surface area contributed by atoms with Gasteiger partial charge in [-0.3, -0.25) is 9.19 Å². The molecule has 1 saturated heterocycles. The highest BCUT2D eigenvalue weighted by Gasteiger charge is 2.15. The third kappa shape index (κ3) is 3.68. The standard InChI is InChI=1S/C12H18N2OS/c15-16(9-11-3-6-13-7-4-11)10-12-2-1-5-14-8-12/h3-4,6-7,12,14H,1-2,5,8-10H2/t12-,16-/m0/s1. The minimum absolute atomic E-state index is 0.594. The third-order valence-corrected chi connectivity index (χ3v) is 4.40. The lowest BCUT2D eigenvalue weighted by molar-refractivity contribution is 0.408. The first-order valence-corrected chi connectivity index (χ1v) is 7.28. The van der Waals surface area contributed by atoms with Gasteiger partial charge in [0.1, 0.15) is 0 Å². The lowest BCUT2D eigenvalue weighted by Crippen LogP contribution is -2.32. The molecule has 0 bridgehead atoms. The van der Waals surface area contributed by atoms with E-state index in [1.54, 1.807) is 12.4 Å². The second-order valence-electron chi connectivity index (χ2n) is 4.32. The van der Waals surface area contributed by atoms with Crippen LogP contribution in [0, 0.1) is 5.92 Å². The number of nitrogens with one attached hydrogen (secondary N) is 1. The Bertz CT molecular complexity index is 336. The van der Waals surface area contributed by atoms with E-state index in [0.717, 1.165) is 24.4 Å². The minimum atomic E-state index is -0.736. The number of nitrogens with zero attached hydrogens (tertiary/aromatic N) is 1. The van der Waals surface area contributed by atoms with Crippen molar-refractivity contribution in [3.63, 3.8) is 0 Å². The molecule has 0 spiro atoms. The van der Waals surface area contributed by atoms with Crippen molar-refractivity contribution in [3.8, 4) is 0 Å². The smallest absolute Gasteiger partial charge is 0.0486 e. The van der Waals surface area contributed by atoms with Crippen molar-refractivity contribution in [2.45, 2.75) is 18.6 Å². The highest BCUT2D eigenvalue weighted by atomic mass is 32.2. The first-order chi connectivity index (χ1) is 7.84. The van der Waals surface area contributed by atoms with Gasteiger partial charge < -0.3 is 5.32 Å². The van der Waals surface area contributed by atoms with Crippen LogP contribution in [-0.2, 0) is 16.6 Å². The van der Waals surface area contributed by atoms with E-state index >= 15 is 0 Å². The zero-order valence-corrected chi connectivity index (χ0v) is 10.2. The minimum Gasteiger partial charge on any atom is -0.316 e. The van der Waals surface area contributed by atoms with E-state index in [4.69, 9.17) is 0 Å². The molecule has 0 aromatic carbocycles. The van der Waals surface area contributed by atoms with Gasteiger partial charge in [0, 0.05) is 34.7 Å². The van der Waals surface area contributed by atoms with Crippen LogP contribution in [0.1, 0.15) is 18.4 Å². The van der Waals surface area contributed by atoms with Gasteiger partial charge in [0.25, 0.3) is 0 Å². The summed E-state index contributed by atoms with van der Waals surface area (Å²) in [7, 11) is -0.736. The summed E-state index contributed by atoms with van der Waals surface area (Å²) in [5.41, 5.74) is 1.12. The van der Waals surface area contributed by atoms with Crippen molar-refractivity contribution in [1.29, 1.82) is 0 Å². The molecule has 1 aromatic rings. The van der Waals surface area contributed by atoms with Crippen molar-refractivity contribution in [3.05, 3.63) is 30.1 Å². The summed E-state index contributed by atoms with van der Waals surface area (Å²) in [6.45, 7) is 2.15. The largest absolute Gasteiger partial charge is 0.316 e. The van der Waals surface area contributed by atoms with Gasteiger partial charge in [0.15, 0.2) is 0 Å². The molecule has 0 saturated carbocycles. The van der Waals surface area contributed by atoms with Crippen molar-refractivity contribution in [1.82, 2.24) is 10.3 Å². The maximum atomic E-state index is 11.9. The number of hydrogen-bond donors (Lipinski definition) is 1. The Hall–Kier alpha value is -0.740. The van der Waals surface area contributed by atoms with Gasteiger partial charge in [-0.1, -0.05) is 0 Å². The summed E-state index contributed by atoms with van der Waals surface area (Å²) in [5, 5.41) is 3.36. The Kier molecular flexibility index (Phi) is 4.48. The highest BCUT2D eigenvalue weighted by molar-refractivity contribution is 7.84. The number of pyridine rings is 1. The Morgan fingerprint density at radius 2 is 2.25 bits per heavy atom. The van der Waals surface area contributed by atoms with Crippen molar-refractivity contribution < 1.29 is 4.21 Å². The first kappa shape index (κ1) is 11.7. The van der Waals surface area contributed by atoms with Crippen LogP contribution in [0.3, 0.4) is 0 Å². The van der Waals surface area contributed by atoms with E-state index in [1.165, 1.54) is 12.8 Å². The van der Waals surface area contributed by atoms with Crippen LogP contribution in [-0.4, -0.2) is 28.0 Å². The molecule has 1 aliphatic rings. The van der Waals surface area contributed by atoms with Crippen LogP contribution in [0.25, 0.3) is 0 Å². The van der Waals surface area contributed by atoms with E-state index in [2.05, 4.69) is 10.3 Å². The third-order valence-electron chi connectivity index (χ3n) is 2.90. The molecule has 3 nitrogen and oxygen atoms in total. The molecular formula is C12H18N2OS. The van der Waals surface area contributed by atoms with E-state index < -0.39 is 10.8 Å². The predicted molar refractivity (Wildman–Crippen MR) is 66.5 cm³/mol. The first-order valence-electron chi connectivity index (χ1n) is 5.79. The van der Waals surface area contributed by atoms with Crippen LogP contribution >= 0.6 is 0 Å². The normalized spacial score (nSPS) is 22.9. The van der Waals surface area contributed by atoms with E-state index in [1.807, 2.05) is 12.1 Å². The summed E-state index contributed by atoms with van der Waals surface area (Å²) in [4.78, 5) is 3.96. The lowest BCUT2D eigenvalue weighted by Gasteiger charge is -2.22. The fourth-order valence-corrected chi connectivity index (χ4v) is 3.55. The molecule has 1 aliphatic heterocycles. The fraction of sp³-hybridized carbons (Fsp3) is 0.583. The van der Waals surface area contributed by atoms with E-state index in [9.17, 15) is 4.21 Å². The predicted octanol–water partition coefficient (Wildman–Crippen LogP) is 1.33. The number of piperidine rings is 1. The van der Waals surface area contributed by atoms with Gasteiger partial charge in [-0.15, -0.1) is 0 Å². The SMILES string of the molecule is O=[S@@](Cc1ccncc1)C[C@H]1CCCNC1. The monoisotopic (exact) mass is 238 g/mol. The van der Waals surface area contributed by atoms with Gasteiger partial charge in [-0.25, -0.2) is 0 Å². The van der Waals surface area contributed by atoms with Crippen LogP contribution in [0.4, 0.5) is 0 Å². The molecular weight excluding hydrogens is 220 g/mol. The van der Waals surface area contributed by atoms with Gasteiger partial charge in [-0.2, -0.15) is 0 Å². The van der Waals surface area contributed by atoms with Gasteiger partial charge in [-0.05, 0) is 49.5 Å². The van der Waals surface area contributed by atoms with Crippen LogP contribution in [0.2, 0.25) is 0 Å². The topological polar surface area (TPSA) is 42.0 Å². The summed E-state index contributed by atoms with van der Waals surface area (Å²) < 4.78 is 11.9. The summed E-state index contributed by atoms with van der Waals surface area (Å²) in [6, 6.07) is 3.88. The zero-order chi connectivity index (χ0) is 11.2. The average molecular weight is 238 g/mol. The Balaban J connectivity index is 1.80. The van der Waals surface area contributed by atoms with Crippen LogP contribution in [0.15, 0.2) is 24.5 Å². The fourth-order valence-electron chi connectivity index (χ4n) is 2.05. The molecule has 2 rings (SSSR count). The summed E-state index contributed by atoms with van der Waals surface area (Å²) in [5.74, 6) is 2.09. The number of aromatic nitrogens is 1. The molecule has 0 unspecified atom stereocenters. The second kappa shape index (κ2) is 6.11. The lowest BCUT2D eigenvalue weighted by atomic mass is 10.0. The molecule has 2 atom stereocenters. The molecule has 4 heteroatoms. The number of hydrogen-bond acceptors (Lipinski definition) is 3. The van der Waals surface area contributed by atoms with E-state index in [-0.39, 0.29) is 0 Å². The van der Waals surface area contributed by atoms with Crippen LogP contribution < -0.4 is 5.32 Å². The Morgan fingerprint density at radius 1 is 1.44 bits per heavy atom.